The molecule has 0 spiro atoms. The van der Waals surface area contributed by atoms with Crippen LogP contribution in [0.2, 0.25) is 6.04 Å². The van der Waals surface area contributed by atoms with Crippen LogP contribution in [-0.2, 0) is 23.8 Å². The van der Waals surface area contributed by atoms with Crippen LogP contribution >= 0.6 is 0 Å². The lowest BCUT2D eigenvalue weighted by Gasteiger charge is -2.46. The molecule has 0 aromatic carbocycles. The number of carboxylic acid groups (broad SMARTS) is 2. The van der Waals surface area contributed by atoms with Crippen LogP contribution in [0.25, 0.3) is 0 Å². The van der Waals surface area contributed by atoms with E-state index in [0.29, 0.717) is 12.7 Å². The van der Waals surface area contributed by atoms with Crippen LogP contribution in [0.4, 0.5) is 0 Å². The molecule has 0 saturated carbocycles. The SMILES string of the molecule is CCOC(C[SiH3])C(OCC)(OCC)N(C)C(CC(=O)O)C(=O)O. The molecule has 8 nitrogen and oxygen atoms in total. The lowest BCUT2D eigenvalue weighted by Crippen LogP contribution is -2.64. The first-order valence-corrected chi connectivity index (χ1v) is 9.28. The van der Waals surface area contributed by atoms with Crippen LogP contribution in [0.3, 0.4) is 0 Å². The van der Waals surface area contributed by atoms with Crippen molar-refractivity contribution in [2.75, 3.05) is 26.9 Å². The minimum atomic E-state index is -1.43. The Balaban J connectivity index is 5.83. The third-order valence-corrected chi connectivity index (χ3v) is 4.20. The second-order valence-corrected chi connectivity index (χ2v) is 5.73. The van der Waals surface area contributed by atoms with Crippen molar-refractivity contribution in [1.29, 1.82) is 0 Å². The molecule has 0 fully saturated rings. The molecule has 0 rings (SSSR count). The zero-order chi connectivity index (χ0) is 18.0. The molecule has 2 unspecified atom stereocenters. The highest BCUT2D eigenvalue weighted by molar-refractivity contribution is 6.08. The standard InChI is InChI=1S/C14H29NO7Si/c1-5-20-11(9-23)14(21-6-2,22-7-3)15(4)10(13(18)19)8-12(16)17/h10-11H,5-9H2,1-4,23H3,(H,16,17)(H,18,19). The molecular weight excluding hydrogens is 322 g/mol. The zero-order valence-corrected chi connectivity index (χ0v) is 16.6. The first kappa shape index (κ1) is 22.0. The van der Waals surface area contributed by atoms with E-state index < -0.39 is 36.4 Å². The molecule has 9 heteroatoms. The van der Waals surface area contributed by atoms with Gasteiger partial charge in [0, 0.05) is 30.1 Å². The maximum atomic E-state index is 11.6. The Bertz CT molecular complexity index is 374. The van der Waals surface area contributed by atoms with Crippen molar-refractivity contribution in [2.24, 2.45) is 0 Å². The lowest BCUT2D eigenvalue weighted by atomic mass is 10.1. The van der Waals surface area contributed by atoms with Crippen molar-refractivity contribution < 1.29 is 34.0 Å². The first-order chi connectivity index (χ1) is 10.8. The van der Waals surface area contributed by atoms with Crippen LogP contribution < -0.4 is 0 Å². The summed E-state index contributed by atoms with van der Waals surface area (Å²) in [5, 5.41) is 18.4. The van der Waals surface area contributed by atoms with Crippen molar-refractivity contribution >= 4 is 22.2 Å². The van der Waals surface area contributed by atoms with Crippen molar-refractivity contribution in [3.05, 3.63) is 0 Å². The second kappa shape index (κ2) is 10.7. The van der Waals surface area contributed by atoms with Gasteiger partial charge >= 0.3 is 11.9 Å². The van der Waals surface area contributed by atoms with Gasteiger partial charge in [-0.25, -0.2) is 4.90 Å². The number of nitrogens with zero attached hydrogens (tertiary/aromatic N) is 1. The molecule has 0 aliphatic rings. The monoisotopic (exact) mass is 351 g/mol. The third-order valence-electron chi connectivity index (χ3n) is 3.46. The smallest absolute Gasteiger partial charge is 0.321 e. The average Bonchev–Trinajstić information content (AvgIpc) is 2.48. The minimum Gasteiger partial charge on any atom is -0.481 e. The highest BCUT2D eigenvalue weighted by Gasteiger charge is 2.49. The van der Waals surface area contributed by atoms with E-state index in [1.165, 1.54) is 11.9 Å². The summed E-state index contributed by atoms with van der Waals surface area (Å²) in [4.78, 5) is 23.9. The Kier molecular flexibility index (Phi) is 10.2. The summed E-state index contributed by atoms with van der Waals surface area (Å²) >= 11 is 0. The molecule has 0 aliphatic carbocycles. The number of carbonyl (C=O) groups is 2. The predicted molar refractivity (Wildman–Crippen MR) is 87.6 cm³/mol. The molecule has 0 saturated heterocycles. The van der Waals surface area contributed by atoms with Gasteiger partial charge < -0.3 is 24.4 Å². The maximum absolute atomic E-state index is 11.6. The molecular formula is C14H29NO7Si. The number of ether oxygens (including phenoxy) is 3. The molecule has 23 heavy (non-hydrogen) atoms. The van der Waals surface area contributed by atoms with E-state index >= 15 is 0 Å². The highest BCUT2D eigenvalue weighted by atomic mass is 28.1. The van der Waals surface area contributed by atoms with E-state index in [9.17, 15) is 14.7 Å². The van der Waals surface area contributed by atoms with Crippen LogP contribution in [0.5, 0.6) is 0 Å². The molecule has 0 radical (unpaired) electrons. The summed E-state index contributed by atoms with van der Waals surface area (Å²) < 4.78 is 17.3. The third kappa shape index (κ3) is 5.85. The summed E-state index contributed by atoms with van der Waals surface area (Å²) in [5.74, 6) is -3.88. The zero-order valence-electron chi connectivity index (χ0n) is 14.6. The lowest BCUT2D eigenvalue weighted by molar-refractivity contribution is -0.356. The second-order valence-electron chi connectivity index (χ2n) is 4.91. The molecule has 0 heterocycles. The quantitative estimate of drug-likeness (QED) is 0.346. The number of hydrogen-bond donors (Lipinski definition) is 2. The Hall–Kier alpha value is -1.00. The molecule has 0 aromatic heterocycles. The minimum absolute atomic E-state index is 0.273. The van der Waals surface area contributed by atoms with E-state index in [2.05, 4.69) is 0 Å². The molecule has 136 valence electrons. The predicted octanol–water partition coefficient (Wildman–Crippen LogP) is -0.238. The Morgan fingerprint density at radius 3 is 1.96 bits per heavy atom. The normalized spacial score (nSPS) is 14.8. The van der Waals surface area contributed by atoms with Gasteiger partial charge in [0.25, 0.3) is 5.91 Å². The van der Waals surface area contributed by atoms with Crippen LogP contribution in [0.15, 0.2) is 0 Å². The van der Waals surface area contributed by atoms with Crippen molar-refractivity contribution in [3.63, 3.8) is 0 Å². The van der Waals surface area contributed by atoms with Gasteiger partial charge in [-0.3, -0.25) is 9.59 Å². The fraction of sp³-hybridized carbons (Fsp3) is 0.857. The number of likely N-dealkylation sites (N-methyl/N-ethyl adjacent to an activating group) is 1. The van der Waals surface area contributed by atoms with Gasteiger partial charge in [0.15, 0.2) is 0 Å². The molecule has 0 bridgehead atoms. The van der Waals surface area contributed by atoms with E-state index in [0.717, 1.165) is 10.2 Å². The largest absolute Gasteiger partial charge is 0.481 e. The van der Waals surface area contributed by atoms with Gasteiger partial charge in [-0.1, -0.05) is 0 Å². The van der Waals surface area contributed by atoms with E-state index in [4.69, 9.17) is 19.3 Å². The summed E-state index contributed by atoms with van der Waals surface area (Å²) in [5.41, 5.74) is 0. The van der Waals surface area contributed by atoms with Crippen LogP contribution in [0, 0.1) is 0 Å². The summed E-state index contributed by atoms with van der Waals surface area (Å²) in [6.07, 6.45) is -1.06. The van der Waals surface area contributed by atoms with Gasteiger partial charge in [-0.2, -0.15) is 0 Å². The van der Waals surface area contributed by atoms with Gasteiger partial charge in [-0.15, -0.1) is 0 Å². The first-order valence-electron chi connectivity index (χ1n) is 7.87. The Labute approximate surface area is 140 Å². The molecule has 0 amide bonds. The maximum Gasteiger partial charge on any atom is 0.321 e. The Morgan fingerprint density at radius 1 is 1.13 bits per heavy atom. The number of aliphatic carboxylic acids is 2. The van der Waals surface area contributed by atoms with Crippen LogP contribution in [-0.4, -0.2) is 82.2 Å². The van der Waals surface area contributed by atoms with Gasteiger partial charge in [0.2, 0.25) is 0 Å². The van der Waals surface area contributed by atoms with Gasteiger partial charge in [0.1, 0.15) is 12.1 Å². The van der Waals surface area contributed by atoms with E-state index in [1.807, 2.05) is 6.92 Å². The fourth-order valence-electron chi connectivity index (χ4n) is 2.53. The van der Waals surface area contributed by atoms with Crippen molar-refractivity contribution in [2.45, 2.75) is 51.3 Å². The van der Waals surface area contributed by atoms with E-state index in [1.54, 1.807) is 13.8 Å². The molecule has 0 aromatic rings. The summed E-state index contributed by atoms with van der Waals surface area (Å²) in [7, 11) is 2.29. The van der Waals surface area contributed by atoms with Gasteiger partial charge in [-0.05, 0) is 33.9 Å². The number of rotatable bonds is 13. The summed E-state index contributed by atoms with van der Waals surface area (Å²) in [6, 6.07) is -0.640. The van der Waals surface area contributed by atoms with Crippen molar-refractivity contribution in [1.82, 2.24) is 4.90 Å². The molecule has 0 aliphatic heterocycles. The molecule has 2 atom stereocenters. The number of hydrogen-bond acceptors (Lipinski definition) is 6. The number of carboxylic acids is 2. The Morgan fingerprint density at radius 2 is 1.65 bits per heavy atom. The summed E-state index contributed by atoms with van der Waals surface area (Å²) in [6.45, 7) is 6.33. The molecule has 2 N–H and O–H groups in total. The topological polar surface area (TPSA) is 106 Å². The van der Waals surface area contributed by atoms with Crippen molar-refractivity contribution in [3.8, 4) is 0 Å². The van der Waals surface area contributed by atoms with Gasteiger partial charge in [0.05, 0.1) is 6.42 Å². The fourth-order valence-corrected chi connectivity index (χ4v) is 3.28. The average molecular weight is 351 g/mol. The van der Waals surface area contributed by atoms with E-state index in [-0.39, 0.29) is 13.2 Å². The highest BCUT2D eigenvalue weighted by Crippen LogP contribution is 2.30. The van der Waals surface area contributed by atoms with Crippen LogP contribution in [0.1, 0.15) is 27.2 Å².